The van der Waals surface area contributed by atoms with Crippen LogP contribution in [0.25, 0.3) is 0 Å². The summed E-state index contributed by atoms with van der Waals surface area (Å²) in [6.07, 6.45) is 1.62. The molecule has 1 aliphatic rings. The van der Waals surface area contributed by atoms with Gasteiger partial charge in [0.05, 0.1) is 17.9 Å². The maximum absolute atomic E-state index is 13.7. The minimum absolute atomic E-state index is 0.143. The highest BCUT2D eigenvalue weighted by Crippen LogP contribution is 2.31. The van der Waals surface area contributed by atoms with Gasteiger partial charge < -0.3 is 11.1 Å². The number of hydrogen-bond acceptors (Lipinski definition) is 6. The number of fused-ring (bicyclic) bond motifs is 1. The van der Waals surface area contributed by atoms with Crippen molar-refractivity contribution in [1.82, 2.24) is 10.3 Å². The third-order valence-electron chi connectivity index (χ3n) is 5.54. The fourth-order valence-electron chi connectivity index (χ4n) is 3.57. The molecule has 2 heterocycles. The lowest BCUT2D eigenvalue weighted by molar-refractivity contribution is -0.124. The van der Waals surface area contributed by atoms with E-state index in [9.17, 15) is 14.7 Å². The topological polar surface area (TPSA) is 133 Å². The third kappa shape index (κ3) is 5.35. The molecule has 4 rings (SSSR count). The molecular weight excluding hydrogens is 456 g/mol. The molecule has 9 heteroatoms. The van der Waals surface area contributed by atoms with Gasteiger partial charge in [-0.2, -0.15) is 0 Å². The second-order valence-corrected chi connectivity index (χ2v) is 9.31. The quantitative estimate of drug-likeness (QED) is 0.465. The van der Waals surface area contributed by atoms with Crippen molar-refractivity contribution in [2.45, 2.75) is 20.8 Å². The molecule has 0 spiro atoms. The molecule has 0 bridgehead atoms. The van der Waals surface area contributed by atoms with Crippen molar-refractivity contribution in [3.05, 3.63) is 95.9 Å². The predicted molar refractivity (Wildman–Crippen MR) is 139 cm³/mol. The van der Waals surface area contributed by atoms with Crippen molar-refractivity contribution in [1.29, 1.82) is 0 Å². The van der Waals surface area contributed by atoms with Crippen molar-refractivity contribution in [3.63, 3.8) is 0 Å². The van der Waals surface area contributed by atoms with Gasteiger partial charge in [-0.05, 0) is 36.4 Å². The summed E-state index contributed by atoms with van der Waals surface area (Å²) >= 11 is 0. The number of aliphatic imine (C=N–C) groups is 1. The summed E-state index contributed by atoms with van der Waals surface area (Å²) in [4.78, 5) is 36.1. The maximum Gasteiger partial charge on any atom is 0.325 e. The first-order valence-electron chi connectivity index (χ1n) is 11.4. The molecule has 36 heavy (non-hydrogen) atoms. The number of benzene rings is 2. The van der Waals surface area contributed by atoms with Crippen LogP contribution in [0.15, 0.2) is 89.6 Å². The largest absolute Gasteiger partial charge is 0.399 e. The molecule has 0 unspecified atom stereocenters. The Kier molecular flexibility index (Phi) is 6.73. The molecule has 9 nitrogen and oxygen atoms in total. The van der Waals surface area contributed by atoms with E-state index < -0.39 is 17.3 Å². The number of pyridine rings is 1. The van der Waals surface area contributed by atoms with E-state index >= 15 is 0 Å². The molecule has 0 fully saturated rings. The van der Waals surface area contributed by atoms with E-state index in [0.717, 1.165) is 0 Å². The first-order valence-corrected chi connectivity index (χ1v) is 11.4. The van der Waals surface area contributed by atoms with Crippen molar-refractivity contribution < 1.29 is 14.7 Å². The number of carbonyl (C=O) groups is 2. The zero-order valence-electron chi connectivity index (χ0n) is 20.3. The van der Waals surface area contributed by atoms with Crippen LogP contribution in [0.4, 0.5) is 21.9 Å². The first kappa shape index (κ1) is 24.5. The molecular formula is C27H27N6O3. The molecule has 1 aromatic heterocycles. The Hall–Kier alpha value is -4.66. The van der Waals surface area contributed by atoms with Gasteiger partial charge in [0.1, 0.15) is 5.71 Å². The average molecular weight is 484 g/mol. The van der Waals surface area contributed by atoms with E-state index in [2.05, 4.69) is 20.6 Å². The number of carbonyl (C=O) groups excluding carboxylic acids is 2. The van der Waals surface area contributed by atoms with Crippen molar-refractivity contribution >= 4 is 34.6 Å². The number of nitrogens with two attached hydrogens (primary N) is 1. The first-order chi connectivity index (χ1) is 17.1. The normalized spacial score (nSPS) is 13.4. The van der Waals surface area contributed by atoms with Gasteiger partial charge in [0.15, 0.2) is 5.78 Å². The molecule has 2 aromatic carbocycles. The van der Waals surface area contributed by atoms with Gasteiger partial charge >= 0.3 is 6.03 Å². The standard InChI is InChI=1S/C27H27N6O3/c1-27(2,3)22(34)16-33-21-13-5-4-11-19(21)23(20-12-6-7-14-29-20)31-24(25(33)35)32-26(36)30-18-10-8-9-17(28)15-18/h4-15H,16,28H2,1-3H3,(H2,30,32,36). The van der Waals surface area contributed by atoms with Crippen molar-refractivity contribution in [3.8, 4) is 0 Å². The van der Waals surface area contributed by atoms with Crippen LogP contribution in [-0.4, -0.2) is 29.1 Å². The lowest BCUT2D eigenvalue weighted by Crippen LogP contribution is -2.37. The monoisotopic (exact) mass is 483 g/mol. The van der Waals surface area contributed by atoms with Crippen LogP contribution < -0.4 is 21.3 Å². The number of nitrogens with one attached hydrogen (secondary N) is 2. The second kappa shape index (κ2) is 9.91. The highest BCUT2D eigenvalue weighted by atomic mass is 16.3. The van der Waals surface area contributed by atoms with E-state index in [-0.39, 0.29) is 18.1 Å². The van der Waals surface area contributed by atoms with Crippen molar-refractivity contribution in [2.24, 2.45) is 10.4 Å². The zero-order valence-corrected chi connectivity index (χ0v) is 20.3. The molecule has 0 saturated carbocycles. The second-order valence-electron chi connectivity index (χ2n) is 9.31. The fraction of sp³-hybridized carbons (Fsp3) is 0.185. The van der Waals surface area contributed by atoms with Crippen LogP contribution in [0.1, 0.15) is 32.0 Å². The minimum atomic E-state index is -0.680. The molecule has 183 valence electrons. The number of anilines is 3. The van der Waals surface area contributed by atoms with Gasteiger partial charge in [-0.15, -0.1) is 0 Å². The molecule has 0 aliphatic carbocycles. The van der Waals surface area contributed by atoms with Crippen LogP contribution in [0.2, 0.25) is 0 Å². The Morgan fingerprint density at radius 3 is 2.42 bits per heavy atom. The van der Waals surface area contributed by atoms with Gasteiger partial charge in [-0.3, -0.25) is 25.1 Å². The van der Waals surface area contributed by atoms with E-state index in [1.807, 2.05) is 6.07 Å². The number of Topliss-reactive ketones (excluding diaryl/α,β-unsaturated/α-hetero) is 1. The number of nitrogen functional groups attached to an aromatic ring is 1. The number of urea groups is 1. The Morgan fingerprint density at radius 2 is 1.72 bits per heavy atom. The fourth-order valence-corrected chi connectivity index (χ4v) is 3.57. The number of ketones is 1. The van der Waals surface area contributed by atoms with Crippen LogP contribution in [0.5, 0.6) is 0 Å². The number of aromatic nitrogens is 1. The summed E-state index contributed by atoms with van der Waals surface area (Å²) in [5, 5.41) is 19.0. The Morgan fingerprint density at radius 1 is 0.972 bits per heavy atom. The highest BCUT2D eigenvalue weighted by molar-refractivity contribution is 6.16. The molecule has 1 radical (unpaired) electrons. The van der Waals surface area contributed by atoms with E-state index in [1.165, 1.54) is 4.90 Å². The lowest BCUT2D eigenvalue weighted by atomic mass is 9.90. The summed E-state index contributed by atoms with van der Waals surface area (Å²) in [5.41, 5.74) is 8.06. The Bertz CT molecular complexity index is 1360. The number of hydrogen-bond donors (Lipinski definition) is 3. The average Bonchev–Trinajstić information content (AvgIpc) is 2.94. The van der Waals surface area contributed by atoms with Crippen LogP contribution in [0, 0.1) is 5.41 Å². The Labute approximate surface area is 209 Å². The van der Waals surface area contributed by atoms with Gasteiger partial charge in [0, 0.05) is 28.6 Å². The van der Waals surface area contributed by atoms with E-state index in [4.69, 9.17) is 5.73 Å². The van der Waals surface area contributed by atoms with Gasteiger partial charge in [-0.25, -0.2) is 9.79 Å². The molecule has 4 N–H and O–H groups in total. The summed E-state index contributed by atoms with van der Waals surface area (Å²) < 4.78 is 0. The highest BCUT2D eigenvalue weighted by Gasteiger charge is 2.32. The van der Waals surface area contributed by atoms with E-state index in [0.29, 0.717) is 34.0 Å². The molecule has 0 saturated heterocycles. The SMILES string of the molecule is CC(C)(C)C(=O)CN1C([O])=C(NC(=O)Nc2cccc(N)c2)N=C(c2ccccn2)c2ccccc21. The minimum Gasteiger partial charge on any atom is -0.399 e. The number of rotatable bonds is 5. The van der Waals surface area contributed by atoms with Crippen LogP contribution in [-0.2, 0) is 9.90 Å². The van der Waals surface area contributed by atoms with Crippen LogP contribution >= 0.6 is 0 Å². The van der Waals surface area contributed by atoms with Gasteiger partial charge in [0.25, 0.3) is 5.88 Å². The zero-order chi connectivity index (χ0) is 25.9. The molecule has 2 amide bonds. The summed E-state index contributed by atoms with van der Waals surface area (Å²) in [6.45, 7) is 5.19. The van der Waals surface area contributed by atoms with Gasteiger partial charge in [0.2, 0.25) is 5.82 Å². The van der Waals surface area contributed by atoms with Crippen molar-refractivity contribution in [2.75, 3.05) is 22.5 Å². The lowest BCUT2D eigenvalue weighted by Gasteiger charge is -2.26. The maximum atomic E-state index is 13.7. The van der Waals surface area contributed by atoms with Gasteiger partial charge in [-0.1, -0.05) is 51.1 Å². The summed E-state index contributed by atoms with van der Waals surface area (Å²) in [6, 6.07) is 18.5. The molecule has 3 aromatic rings. The molecule has 0 atom stereocenters. The Balaban J connectivity index is 1.80. The number of para-hydroxylation sites is 1. The molecule has 1 aliphatic heterocycles. The number of amides is 2. The van der Waals surface area contributed by atoms with E-state index in [1.54, 1.807) is 87.6 Å². The summed E-state index contributed by atoms with van der Waals surface area (Å²) in [5.74, 6) is -1.00. The third-order valence-corrected chi connectivity index (χ3v) is 5.54. The predicted octanol–water partition coefficient (Wildman–Crippen LogP) is 4.32. The summed E-state index contributed by atoms with van der Waals surface area (Å²) in [7, 11) is 0. The van der Waals surface area contributed by atoms with Crippen LogP contribution in [0.3, 0.4) is 0 Å². The number of nitrogens with zero attached hydrogens (tertiary/aromatic N) is 3. The smallest absolute Gasteiger partial charge is 0.325 e.